The molecule has 0 aliphatic rings. The monoisotopic (exact) mass is 366 g/mol. The van der Waals surface area contributed by atoms with Gasteiger partial charge < -0.3 is 0 Å². The Bertz CT molecular complexity index is 840. The lowest BCUT2D eigenvalue weighted by Crippen LogP contribution is -2.73. The van der Waals surface area contributed by atoms with E-state index in [4.69, 9.17) is 0 Å². The van der Waals surface area contributed by atoms with Crippen molar-refractivity contribution in [2.45, 2.75) is 0 Å². The van der Waals surface area contributed by atoms with Gasteiger partial charge in [0.15, 0.2) is 0 Å². The molecule has 0 unspecified atom stereocenters. The summed E-state index contributed by atoms with van der Waals surface area (Å²) in [6, 6.07) is 44.8. The second-order valence-electron chi connectivity index (χ2n) is 6.67. The van der Waals surface area contributed by atoms with Crippen LogP contribution in [0.4, 0.5) is 0 Å². The maximum atomic E-state index is 2.35. The number of rotatable bonds is 5. The fourth-order valence-corrected chi connectivity index (χ4v) is 15.4. The molecule has 0 fully saturated rings. The van der Waals surface area contributed by atoms with Crippen LogP contribution >= 0.6 is 0 Å². The van der Waals surface area contributed by atoms with Crippen molar-refractivity contribution in [2.75, 3.05) is 0 Å². The minimum atomic E-state index is -2.03. The SMILES string of the molecule is c1ccc([SiH2][Si](c2ccccc2)(c2ccccc2)c2ccccc2)cc1. The van der Waals surface area contributed by atoms with Crippen molar-refractivity contribution in [3.05, 3.63) is 121 Å². The maximum Gasteiger partial charge on any atom is 0.137 e. The Labute approximate surface area is 158 Å². The van der Waals surface area contributed by atoms with Crippen LogP contribution in [0.1, 0.15) is 0 Å². The molecule has 2 heteroatoms. The Morgan fingerprint density at radius 2 is 0.692 bits per heavy atom. The third kappa shape index (κ3) is 3.21. The molecule has 0 saturated carbocycles. The third-order valence-electron chi connectivity index (χ3n) is 5.11. The van der Waals surface area contributed by atoms with Crippen molar-refractivity contribution < 1.29 is 0 Å². The Balaban J connectivity index is 2.00. The van der Waals surface area contributed by atoms with E-state index in [9.17, 15) is 0 Å². The Morgan fingerprint density at radius 1 is 0.385 bits per heavy atom. The summed E-state index contributed by atoms with van der Waals surface area (Å²) in [5.41, 5.74) is 0. The van der Waals surface area contributed by atoms with Gasteiger partial charge in [0.2, 0.25) is 0 Å². The number of hydrogen-bond donors (Lipinski definition) is 0. The molecule has 0 aliphatic heterocycles. The van der Waals surface area contributed by atoms with Crippen molar-refractivity contribution in [1.82, 2.24) is 0 Å². The lowest BCUT2D eigenvalue weighted by Gasteiger charge is -2.33. The van der Waals surface area contributed by atoms with Crippen molar-refractivity contribution >= 4 is 37.4 Å². The Morgan fingerprint density at radius 3 is 1.04 bits per heavy atom. The van der Waals surface area contributed by atoms with Gasteiger partial charge in [-0.3, -0.25) is 0 Å². The van der Waals surface area contributed by atoms with Gasteiger partial charge in [-0.15, -0.1) is 0 Å². The minimum Gasteiger partial charge on any atom is -0.0683 e. The zero-order valence-electron chi connectivity index (χ0n) is 14.8. The van der Waals surface area contributed by atoms with E-state index in [2.05, 4.69) is 121 Å². The Kier molecular flexibility index (Phi) is 4.96. The summed E-state index contributed by atoms with van der Waals surface area (Å²) in [5, 5.41) is 6.10. The van der Waals surface area contributed by atoms with Crippen LogP contribution in [0.3, 0.4) is 0 Å². The summed E-state index contributed by atoms with van der Waals surface area (Å²) in [6.45, 7) is 0. The summed E-state index contributed by atoms with van der Waals surface area (Å²) in [4.78, 5) is 0. The first-order valence-corrected chi connectivity index (χ1v) is 14.1. The van der Waals surface area contributed by atoms with Crippen LogP contribution in [0.2, 0.25) is 0 Å². The van der Waals surface area contributed by atoms with Gasteiger partial charge in [-0.2, -0.15) is 0 Å². The van der Waals surface area contributed by atoms with Crippen LogP contribution in [-0.2, 0) is 0 Å². The Hall–Kier alpha value is -2.69. The molecule has 0 aliphatic carbocycles. The highest BCUT2D eigenvalue weighted by Crippen LogP contribution is 2.07. The molecule has 0 heterocycles. The van der Waals surface area contributed by atoms with Gasteiger partial charge in [0.1, 0.15) is 7.59 Å². The highest BCUT2D eigenvalue weighted by atomic mass is 29.2. The zero-order valence-corrected chi connectivity index (χ0v) is 17.2. The van der Waals surface area contributed by atoms with Crippen LogP contribution in [-0.4, -0.2) is 16.6 Å². The average molecular weight is 367 g/mol. The van der Waals surface area contributed by atoms with Crippen molar-refractivity contribution in [1.29, 1.82) is 0 Å². The molecular formula is C24H22Si2. The van der Waals surface area contributed by atoms with E-state index in [0.717, 1.165) is 0 Å². The molecule has 4 aromatic carbocycles. The topological polar surface area (TPSA) is 0 Å². The lowest BCUT2D eigenvalue weighted by molar-refractivity contribution is 1.70. The first-order chi connectivity index (χ1) is 12.9. The third-order valence-corrected chi connectivity index (χ3v) is 17.0. The van der Waals surface area contributed by atoms with Gasteiger partial charge in [-0.25, -0.2) is 0 Å². The number of benzene rings is 4. The summed E-state index contributed by atoms with van der Waals surface area (Å²) < 4.78 is 0. The average Bonchev–Trinajstić information content (AvgIpc) is 2.75. The second kappa shape index (κ2) is 7.69. The van der Waals surface area contributed by atoms with E-state index in [1.807, 2.05) is 0 Å². The van der Waals surface area contributed by atoms with Crippen LogP contribution in [0, 0.1) is 0 Å². The molecule has 0 saturated heterocycles. The van der Waals surface area contributed by atoms with E-state index >= 15 is 0 Å². The molecule has 26 heavy (non-hydrogen) atoms. The molecule has 4 rings (SSSR count). The van der Waals surface area contributed by atoms with Crippen molar-refractivity contribution in [3.8, 4) is 0 Å². The first kappa shape index (κ1) is 16.8. The largest absolute Gasteiger partial charge is 0.137 e. The van der Waals surface area contributed by atoms with E-state index < -0.39 is 16.6 Å². The molecular weight excluding hydrogens is 344 g/mol. The summed E-state index contributed by atoms with van der Waals surface area (Å²) in [5.74, 6) is 0. The second-order valence-corrected chi connectivity index (χ2v) is 15.6. The smallest absolute Gasteiger partial charge is 0.0683 e. The molecule has 0 spiro atoms. The van der Waals surface area contributed by atoms with Gasteiger partial charge in [0.25, 0.3) is 0 Å². The molecule has 0 nitrogen and oxygen atoms in total. The molecule has 0 aromatic heterocycles. The first-order valence-electron chi connectivity index (χ1n) is 9.10. The molecule has 0 bridgehead atoms. The van der Waals surface area contributed by atoms with Gasteiger partial charge in [0, 0.05) is 0 Å². The molecule has 0 amide bonds. The van der Waals surface area contributed by atoms with E-state index in [0.29, 0.717) is 0 Å². The van der Waals surface area contributed by atoms with Crippen molar-refractivity contribution in [2.24, 2.45) is 0 Å². The molecule has 0 radical (unpaired) electrons. The van der Waals surface area contributed by atoms with E-state index in [1.165, 1.54) is 20.7 Å². The molecule has 4 aromatic rings. The van der Waals surface area contributed by atoms with Crippen LogP contribution in [0.25, 0.3) is 0 Å². The highest BCUT2D eigenvalue weighted by molar-refractivity contribution is 7.46. The van der Waals surface area contributed by atoms with Gasteiger partial charge in [-0.1, -0.05) is 142 Å². The predicted octanol–water partition coefficient (Wildman–Crippen LogP) is 2.15. The van der Waals surface area contributed by atoms with Crippen LogP contribution in [0.15, 0.2) is 121 Å². The predicted molar refractivity (Wildman–Crippen MR) is 119 cm³/mol. The lowest BCUT2D eigenvalue weighted by atomic mass is 10.3. The maximum absolute atomic E-state index is 2.35. The standard InChI is InChI=1S/C24H22Si2/c1-5-13-21(14-6-1)25-26(22-15-7-2-8-16-22,23-17-9-3-10-18-23)24-19-11-4-12-20-24/h1-20H,25H2. The number of hydrogen-bond acceptors (Lipinski definition) is 0. The molecule has 0 atom stereocenters. The van der Waals surface area contributed by atoms with Gasteiger partial charge in [0.05, 0.1) is 9.04 Å². The fraction of sp³-hybridized carbons (Fsp3) is 0. The zero-order chi connectivity index (χ0) is 17.7. The summed E-state index contributed by atoms with van der Waals surface area (Å²) in [7, 11) is -2.59. The summed E-state index contributed by atoms with van der Waals surface area (Å²) in [6.07, 6.45) is 0. The van der Waals surface area contributed by atoms with E-state index in [-0.39, 0.29) is 0 Å². The van der Waals surface area contributed by atoms with Crippen molar-refractivity contribution in [3.63, 3.8) is 0 Å². The summed E-state index contributed by atoms with van der Waals surface area (Å²) >= 11 is 0. The molecule has 126 valence electrons. The quantitative estimate of drug-likeness (QED) is 0.375. The fourth-order valence-electron chi connectivity index (χ4n) is 3.88. The minimum absolute atomic E-state index is 0.560. The molecule has 0 N–H and O–H groups in total. The van der Waals surface area contributed by atoms with Crippen LogP contribution < -0.4 is 20.7 Å². The van der Waals surface area contributed by atoms with Gasteiger partial charge in [-0.05, 0) is 0 Å². The highest BCUT2D eigenvalue weighted by Gasteiger charge is 2.39. The normalized spacial score (nSPS) is 11.7. The van der Waals surface area contributed by atoms with Crippen LogP contribution in [0.5, 0.6) is 0 Å². The van der Waals surface area contributed by atoms with Gasteiger partial charge >= 0.3 is 0 Å². The van der Waals surface area contributed by atoms with E-state index in [1.54, 1.807) is 0 Å².